The molecule has 2 heterocycles. The second kappa shape index (κ2) is 10.7. The normalized spacial score (nSPS) is 22.5. The predicted octanol–water partition coefficient (Wildman–Crippen LogP) is 2.15. The van der Waals surface area contributed by atoms with Gasteiger partial charge in [-0.05, 0) is 18.1 Å². The minimum absolute atomic E-state index is 0.221. The van der Waals surface area contributed by atoms with Crippen LogP contribution in [0.3, 0.4) is 0 Å². The van der Waals surface area contributed by atoms with E-state index in [1.807, 2.05) is 60.7 Å². The van der Waals surface area contributed by atoms with Crippen LogP contribution >= 0.6 is 0 Å². The lowest BCUT2D eigenvalue weighted by Gasteiger charge is -2.20. The van der Waals surface area contributed by atoms with Gasteiger partial charge in [-0.3, -0.25) is 14.3 Å². The van der Waals surface area contributed by atoms with Crippen molar-refractivity contribution in [2.45, 2.75) is 38.6 Å². The molecule has 174 valence electrons. The Kier molecular flexibility index (Phi) is 7.51. The Morgan fingerprint density at radius 3 is 2.12 bits per heavy atom. The van der Waals surface area contributed by atoms with E-state index in [9.17, 15) is 14.7 Å². The summed E-state index contributed by atoms with van der Waals surface area (Å²) in [5.41, 5.74) is 1.30. The predicted molar refractivity (Wildman–Crippen MR) is 122 cm³/mol. The third kappa shape index (κ3) is 5.66. The fourth-order valence-corrected chi connectivity index (χ4v) is 3.92. The number of H-pyrrole nitrogens is 1. The zero-order chi connectivity index (χ0) is 23.2. The number of aliphatic hydroxyl groups is 1. The first kappa shape index (κ1) is 23.1. The lowest BCUT2D eigenvalue weighted by atomic mass is 9.99. The zero-order valence-corrected chi connectivity index (χ0v) is 18.4. The number of nitrogens with zero attached hydrogens (tertiary/aromatic N) is 1. The smallest absolute Gasteiger partial charge is 0.330 e. The molecule has 2 aromatic carbocycles. The molecule has 4 atom stereocenters. The topological polar surface area (TPSA) is 103 Å². The Morgan fingerprint density at radius 1 is 0.939 bits per heavy atom. The molecule has 2 N–H and O–H groups in total. The summed E-state index contributed by atoms with van der Waals surface area (Å²) in [6.45, 7) is 2.83. The molecule has 8 heteroatoms. The lowest BCUT2D eigenvalue weighted by Crippen LogP contribution is -2.38. The van der Waals surface area contributed by atoms with Crippen LogP contribution in [0.4, 0.5) is 0 Å². The number of nitrogens with one attached hydrogen (secondary N) is 1. The van der Waals surface area contributed by atoms with E-state index in [1.165, 1.54) is 10.8 Å². The van der Waals surface area contributed by atoms with Crippen LogP contribution in [0.25, 0.3) is 0 Å². The van der Waals surface area contributed by atoms with Crippen molar-refractivity contribution in [3.8, 4) is 0 Å². The molecular formula is C25H28N2O6. The third-order valence-electron chi connectivity index (χ3n) is 5.76. The summed E-state index contributed by atoms with van der Waals surface area (Å²) in [6, 6.07) is 19.5. The standard InChI is InChI=1S/C25H28N2O6/c1-17-12-27(25(30)26-23(17)29)24-22(28)20(15-31-13-18-8-4-2-5-9-18)21(33-24)16-32-14-19-10-6-3-7-11-19/h2-12,20-22,24,28H,13-16H2,1H3,(H,26,29,30)/t20-,21-,22+,24-/m1/s1. The van der Waals surface area contributed by atoms with Gasteiger partial charge in [-0.2, -0.15) is 0 Å². The largest absolute Gasteiger partial charge is 0.388 e. The Hall–Kier alpha value is -3.04. The van der Waals surface area contributed by atoms with Crippen molar-refractivity contribution in [1.82, 2.24) is 9.55 Å². The number of aromatic amines is 1. The van der Waals surface area contributed by atoms with Crippen LogP contribution in [-0.4, -0.2) is 40.1 Å². The van der Waals surface area contributed by atoms with Crippen molar-refractivity contribution in [3.63, 3.8) is 0 Å². The fourth-order valence-electron chi connectivity index (χ4n) is 3.92. The summed E-state index contributed by atoms with van der Waals surface area (Å²) < 4.78 is 19.1. The number of aromatic nitrogens is 2. The first-order chi connectivity index (χ1) is 16.0. The molecule has 0 saturated carbocycles. The lowest BCUT2D eigenvalue weighted by molar-refractivity contribution is -0.0694. The van der Waals surface area contributed by atoms with Crippen molar-refractivity contribution >= 4 is 0 Å². The fraction of sp³-hybridized carbons (Fsp3) is 0.360. The molecule has 0 bridgehead atoms. The van der Waals surface area contributed by atoms with Gasteiger partial charge >= 0.3 is 5.69 Å². The Labute approximate surface area is 191 Å². The molecule has 0 radical (unpaired) electrons. The minimum atomic E-state index is -1.02. The summed E-state index contributed by atoms with van der Waals surface area (Å²) >= 11 is 0. The molecule has 0 spiro atoms. The van der Waals surface area contributed by atoms with Crippen LogP contribution in [0, 0.1) is 12.8 Å². The average Bonchev–Trinajstić information content (AvgIpc) is 3.13. The molecule has 0 amide bonds. The van der Waals surface area contributed by atoms with E-state index in [0.717, 1.165) is 11.1 Å². The van der Waals surface area contributed by atoms with Crippen LogP contribution < -0.4 is 11.2 Å². The van der Waals surface area contributed by atoms with Crippen molar-refractivity contribution < 1.29 is 19.3 Å². The van der Waals surface area contributed by atoms with Gasteiger partial charge in [-0.15, -0.1) is 0 Å². The maximum atomic E-state index is 12.4. The van der Waals surface area contributed by atoms with Gasteiger partial charge < -0.3 is 19.3 Å². The third-order valence-corrected chi connectivity index (χ3v) is 5.76. The second-order valence-corrected chi connectivity index (χ2v) is 8.20. The van der Waals surface area contributed by atoms with Crippen molar-refractivity contribution in [2.24, 2.45) is 5.92 Å². The number of rotatable bonds is 9. The minimum Gasteiger partial charge on any atom is -0.388 e. The molecule has 1 fully saturated rings. The number of hydrogen-bond acceptors (Lipinski definition) is 6. The van der Waals surface area contributed by atoms with Crippen LogP contribution in [0.1, 0.15) is 22.9 Å². The Bertz CT molecular complexity index is 1140. The van der Waals surface area contributed by atoms with Crippen LogP contribution in [0.15, 0.2) is 76.4 Å². The van der Waals surface area contributed by atoms with Crippen LogP contribution in [0.2, 0.25) is 0 Å². The SMILES string of the molecule is Cc1cn([C@@H]2O[C@H](COCc3ccccc3)[C@@H](COCc3ccccc3)[C@@H]2O)c(=O)[nH]c1=O. The van der Waals surface area contributed by atoms with E-state index in [-0.39, 0.29) is 13.2 Å². The molecule has 3 aromatic rings. The highest BCUT2D eigenvalue weighted by Crippen LogP contribution is 2.34. The van der Waals surface area contributed by atoms with Gasteiger partial charge in [0.25, 0.3) is 5.56 Å². The maximum Gasteiger partial charge on any atom is 0.330 e. The summed E-state index contributed by atoms with van der Waals surface area (Å²) in [4.78, 5) is 26.4. The summed E-state index contributed by atoms with van der Waals surface area (Å²) in [5, 5.41) is 11.1. The molecule has 0 unspecified atom stereocenters. The molecule has 1 aliphatic heterocycles. The number of ether oxygens (including phenoxy) is 3. The van der Waals surface area contributed by atoms with Gasteiger partial charge in [0, 0.05) is 17.7 Å². The summed E-state index contributed by atoms with van der Waals surface area (Å²) in [6.07, 6.45) is -1.06. The quantitative estimate of drug-likeness (QED) is 0.516. The van der Waals surface area contributed by atoms with E-state index >= 15 is 0 Å². The van der Waals surface area contributed by atoms with Crippen molar-refractivity contribution in [1.29, 1.82) is 0 Å². The number of aryl methyl sites for hydroxylation is 1. The first-order valence-corrected chi connectivity index (χ1v) is 10.9. The first-order valence-electron chi connectivity index (χ1n) is 10.9. The monoisotopic (exact) mass is 452 g/mol. The van der Waals surface area contributed by atoms with Gasteiger partial charge in [0.15, 0.2) is 6.23 Å². The van der Waals surface area contributed by atoms with Gasteiger partial charge in [-0.25, -0.2) is 4.79 Å². The molecule has 4 rings (SSSR count). The van der Waals surface area contributed by atoms with E-state index < -0.39 is 35.6 Å². The Morgan fingerprint density at radius 2 is 1.52 bits per heavy atom. The zero-order valence-electron chi connectivity index (χ0n) is 18.4. The number of aliphatic hydroxyl groups excluding tert-OH is 1. The average molecular weight is 453 g/mol. The van der Waals surface area contributed by atoms with E-state index in [1.54, 1.807) is 6.92 Å². The molecule has 1 aliphatic rings. The van der Waals surface area contributed by atoms with Gasteiger partial charge in [-0.1, -0.05) is 60.7 Å². The maximum absolute atomic E-state index is 12.4. The van der Waals surface area contributed by atoms with Gasteiger partial charge in [0.1, 0.15) is 6.10 Å². The highest BCUT2D eigenvalue weighted by molar-refractivity contribution is 5.14. The van der Waals surface area contributed by atoms with Gasteiger partial charge in [0.2, 0.25) is 0 Å². The summed E-state index contributed by atoms with van der Waals surface area (Å²) in [7, 11) is 0. The highest BCUT2D eigenvalue weighted by atomic mass is 16.6. The molecule has 1 aromatic heterocycles. The van der Waals surface area contributed by atoms with Crippen molar-refractivity contribution in [2.75, 3.05) is 13.2 Å². The molecular weight excluding hydrogens is 424 g/mol. The van der Waals surface area contributed by atoms with Gasteiger partial charge in [0.05, 0.1) is 32.5 Å². The number of benzene rings is 2. The molecule has 8 nitrogen and oxygen atoms in total. The van der Waals surface area contributed by atoms with E-state index in [4.69, 9.17) is 14.2 Å². The molecule has 1 saturated heterocycles. The second-order valence-electron chi connectivity index (χ2n) is 8.20. The molecule has 0 aliphatic carbocycles. The molecule has 33 heavy (non-hydrogen) atoms. The Balaban J connectivity index is 1.47. The highest BCUT2D eigenvalue weighted by Gasteiger charge is 2.45. The van der Waals surface area contributed by atoms with E-state index in [0.29, 0.717) is 18.8 Å². The van der Waals surface area contributed by atoms with Crippen LogP contribution in [0.5, 0.6) is 0 Å². The van der Waals surface area contributed by atoms with Crippen molar-refractivity contribution in [3.05, 3.63) is 104 Å². The van der Waals surface area contributed by atoms with Crippen LogP contribution in [-0.2, 0) is 27.4 Å². The van der Waals surface area contributed by atoms with E-state index in [2.05, 4.69) is 4.98 Å². The summed E-state index contributed by atoms with van der Waals surface area (Å²) in [5.74, 6) is -0.423. The number of hydrogen-bond donors (Lipinski definition) is 2.